The molecule has 3 heterocycles. The lowest BCUT2D eigenvalue weighted by atomic mass is 10.2. The first-order valence-corrected chi connectivity index (χ1v) is 11.0. The average molecular weight is 427 g/mol. The molecule has 0 spiro atoms. The van der Waals surface area contributed by atoms with Crippen molar-refractivity contribution in [2.45, 2.75) is 37.6 Å². The minimum atomic E-state index is -0.190. The number of thioether (sulfide) groups is 1. The lowest BCUT2D eigenvalue weighted by Crippen LogP contribution is -2.48. The molecular formula is C16H22N6O2S3. The van der Waals surface area contributed by atoms with E-state index >= 15 is 0 Å². The van der Waals surface area contributed by atoms with Crippen molar-refractivity contribution in [1.29, 1.82) is 0 Å². The molecule has 1 saturated heterocycles. The second-order valence-corrected chi connectivity index (χ2v) is 8.13. The van der Waals surface area contributed by atoms with Crippen molar-refractivity contribution in [3.8, 4) is 10.7 Å². The Morgan fingerprint density at radius 2 is 2.37 bits per heavy atom. The van der Waals surface area contributed by atoms with E-state index in [1.807, 2.05) is 29.0 Å². The summed E-state index contributed by atoms with van der Waals surface area (Å²) >= 11 is 8.11. The maximum absolute atomic E-state index is 12.1. The van der Waals surface area contributed by atoms with E-state index in [0.717, 1.165) is 41.9 Å². The summed E-state index contributed by atoms with van der Waals surface area (Å²) in [6.07, 6.45) is 2.30. The molecule has 1 amide bonds. The predicted molar refractivity (Wildman–Crippen MR) is 111 cm³/mol. The molecule has 0 bridgehead atoms. The van der Waals surface area contributed by atoms with Gasteiger partial charge >= 0.3 is 0 Å². The van der Waals surface area contributed by atoms with Gasteiger partial charge in [-0.2, -0.15) is 0 Å². The zero-order valence-corrected chi connectivity index (χ0v) is 17.4. The number of nitrogens with zero attached hydrogens (tertiary/aromatic N) is 3. The van der Waals surface area contributed by atoms with E-state index in [4.69, 9.17) is 17.0 Å². The number of carbonyl (C=O) groups is 1. The van der Waals surface area contributed by atoms with Gasteiger partial charge in [0.2, 0.25) is 5.91 Å². The Labute approximate surface area is 171 Å². The van der Waals surface area contributed by atoms with Gasteiger partial charge < -0.3 is 14.6 Å². The summed E-state index contributed by atoms with van der Waals surface area (Å²) in [7, 11) is 0. The van der Waals surface area contributed by atoms with Crippen molar-refractivity contribution in [3.63, 3.8) is 0 Å². The molecule has 0 aromatic carbocycles. The summed E-state index contributed by atoms with van der Waals surface area (Å²) in [6, 6.07) is 3.99. The molecule has 1 atom stereocenters. The Hall–Kier alpha value is -1.69. The maximum atomic E-state index is 12.1. The van der Waals surface area contributed by atoms with Crippen molar-refractivity contribution < 1.29 is 9.53 Å². The largest absolute Gasteiger partial charge is 0.376 e. The number of ether oxygens (including phenoxy) is 1. The van der Waals surface area contributed by atoms with Gasteiger partial charge in [0.1, 0.15) is 0 Å². The Kier molecular flexibility index (Phi) is 7.44. The van der Waals surface area contributed by atoms with Gasteiger partial charge in [0.15, 0.2) is 16.1 Å². The van der Waals surface area contributed by atoms with E-state index in [1.54, 1.807) is 11.3 Å². The topological polar surface area (TPSA) is 93.1 Å². The average Bonchev–Trinajstić information content (AvgIpc) is 3.43. The minimum Gasteiger partial charge on any atom is -0.376 e. The molecule has 27 heavy (non-hydrogen) atoms. The lowest BCUT2D eigenvalue weighted by molar-refractivity contribution is -0.119. The first-order chi connectivity index (χ1) is 13.2. The highest BCUT2D eigenvalue weighted by molar-refractivity contribution is 7.99. The van der Waals surface area contributed by atoms with Crippen molar-refractivity contribution in [2.24, 2.45) is 0 Å². The number of thiophene rings is 1. The summed E-state index contributed by atoms with van der Waals surface area (Å²) in [5, 5.41) is 14.6. The highest BCUT2D eigenvalue weighted by atomic mass is 32.2. The number of hydrogen-bond acceptors (Lipinski definition) is 7. The third-order valence-corrected chi connectivity index (χ3v) is 6.02. The van der Waals surface area contributed by atoms with Gasteiger partial charge in [-0.1, -0.05) is 17.8 Å². The van der Waals surface area contributed by atoms with Gasteiger partial charge in [-0.15, -0.1) is 21.5 Å². The van der Waals surface area contributed by atoms with Gasteiger partial charge in [-0.25, -0.2) is 0 Å². The van der Waals surface area contributed by atoms with Crippen LogP contribution in [0.4, 0.5) is 0 Å². The van der Waals surface area contributed by atoms with Gasteiger partial charge in [0.05, 0.1) is 16.7 Å². The SMILES string of the molecule is CCn1c(SCC(=O)NNC(=S)NC[C@H]2CCCO2)nnc1-c1cccs1. The minimum absolute atomic E-state index is 0.189. The van der Waals surface area contributed by atoms with Crippen LogP contribution in [0.5, 0.6) is 0 Å². The Bertz CT molecular complexity index is 758. The molecular weight excluding hydrogens is 404 g/mol. The van der Waals surface area contributed by atoms with Crippen LogP contribution >= 0.6 is 35.3 Å². The molecule has 8 nitrogen and oxygen atoms in total. The molecule has 1 fully saturated rings. The van der Waals surface area contributed by atoms with Crippen LogP contribution in [-0.4, -0.2) is 50.8 Å². The fourth-order valence-electron chi connectivity index (χ4n) is 2.62. The molecule has 1 aliphatic heterocycles. The van der Waals surface area contributed by atoms with Crippen molar-refractivity contribution in [1.82, 2.24) is 30.9 Å². The highest BCUT2D eigenvalue weighted by Crippen LogP contribution is 2.26. The number of thiocarbonyl (C=S) groups is 1. The van der Waals surface area contributed by atoms with E-state index < -0.39 is 0 Å². The number of carbonyl (C=O) groups excluding carboxylic acids is 1. The first kappa shape index (κ1) is 20.1. The molecule has 1 aliphatic rings. The zero-order chi connectivity index (χ0) is 19.1. The van der Waals surface area contributed by atoms with Crippen LogP contribution in [0.15, 0.2) is 22.7 Å². The zero-order valence-electron chi connectivity index (χ0n) is 14.9. The lowest BCUT2D eigenvalue weighted by Gasteiger charge is -2.14. The number of hydrazine groups is 1. The number of aromatic nitrogens is 3. The summed E-state index contributed by atoms with van der Waals surface area (Å²) in [5.74, 6) is 0.849. The highest BCUT2D eigenvalue weighted by Gasteiger charge is 2.16. The molecule has 3 rings (SSSR count). The summed E-state index contributed by atoms with van der Waals surface area (Å²) in [6.45, 7) is 4.21. The van der Waals surface area contributed by atoms with E-state index in [-0.39, 0.29) is 17.8 Å². The predicted octanol–water partition coefficient (Wildman–Crippen LogP) is 1.79. The Balaban J connectivity index is 1.42. The van der Waals surface area contributed by atoms with Crippen LogP contribution in [-0.2, 0) is 16.1 Å². The molecule has 2 aromatic rings. The normalized spacial score (nSPS) is 16.3. The molecule has 3 N–H and O–H groups in total. The van der Waals surface area contributed by atoms with Crippen LogP contribution in [0.1, 0.15) is 19.8 Å². The number of nitrogens with one attached hydrogen (secondary N) is 3. The molecule has 0 unspecified atom stereocenters. The molecule has 0 saturated carbocycles. The second-order valence-electron chi connectivity index (χ2n) is 5.83. The van der Waals surface area contributed by atoms with Gasteiger partial charge in [0.25, 0.3) is 0 Å². The third kappa shape index (κ3) is 5.64. The molecule has 0 radical (unpaired) electrons. The Morgan fingerprint density at radius 3 is 3.07 bits per heavy atom. The van der Waals surface area contributed by atoms with Crippen molar-refractivity contribution in [2.75, 3.05) is 18.9 Å². The second kappa shape index (κ2) is 10.0. The van der Waals surface area contributed by atoms with Crippen molar-refractivity contribution >= 4 is 46.3 Å². The summed E-state index contributed by atoms with van der Waals surface area (Å²) in [5.41, 5.74) is 5.30. The maximum Gasteiger partial charge on any atom is 0.248 e. The first-order valence-electron chi connectivity index (χ1n) is 8.71. The van der Waals surface area contributed by atoms with Crippen LogP contribution in [0.25, 0.3) is 10.7 Å². The van der Waals surface area contributed by atoms with Crippen molar-refractivity contribution in [3.05, 3.63) is 17.5 Å². The van der Waals surface area contributed by atoms with Gasteiger partial charge in [0, 0.05) is 19.7 Å². The fraction of sp³-hybridized carbons (Fsp3) is 0.500. The van der Waals surface area contributed by atoms with E-state index in [2.05, 4.69) is 26.4 Å². The quantitative estimate of drug-likeness (QED) is 0.351. The number of rotatable bonds is 7. The molecule has 2 aromatic heterocycles. The molecule has 11 heteroatoms. The third-order valence-electron chi connectivity index (χ3n) is 3.94. The van der Waals surface area contributed by atoms with Gasteiger partial charge in [-0.05, 0) is 43.4 Å². The summed E-state index contributed by atoms with van der Waals surface area (Å²) < 4.78 is 7.52. The summed E-state index contributed by atoms with van der Waals surface area (Å²) in [4.78, 5) is 13.1. The smallest absolute Gasteiger partial charge is 0.248 e. The van der Waals surface area contributed by atoms with Crippen LogP contribution in [0.2, 0.25) is 0 Å². The van der Waals surface area contributed by atoms with Crippen LogP contribution in [0.3, 0.4) is 0 Å². The van der Waals surface area contributed by atoms with E-state index in [1.165, 1.54) is 11.8 Å². The fourth-order valence-corrected chi connectivity index (χ4v) is 4.27. The molecule has 0 aliphatic carbocycles. The number of hydrogen-bond donors (Lipinski definition) is 3. The Morgan fingerprint density at radius 1 is 1.48 bits per heavy atom. The van der Waals surface area contributed by atoms with E-state index in [9.17, 15) is 4.79 Å². The van der Waals surface area contributed by atoms with Crippen LogP contribution < -0.4 is 16.2 Å². The monoisotopic (exact) mass is 426 g/mol. The van der Waals surface area contributed by atoms with Gasteiger partial charge in [-0.3, -0.25) is 15.6 Å². The standard InChI is InChI=1S/C16H22N6O2S3/c1-2-22-14(12-6-4-8-26-12)19-21-16(22)27-10-13(23)18-20-15(25)17-9-11-5-3-7-24-11/h4,6,8,11H,2-3,5,7,9-10H2,1H3,(H,18,23)(H2,17,20,25)/t11-/m1/s1. The number of amides is 1. The van der Waals surface area contributed by atoms with E-state index in [0.29, 0.717) is 11.7 Å². The molecule has 146 valence electrons. The van der Waals surface area contributed by atoms with Crippen LogP contribution in [0, 0.1) is 0 Å².